The van der Waals surface area contributed by atoms with E-state index in [4.69, 9.17) is 9.52 Å². The van der Waals surface area contributed by atoms with Gasteiger partial charge in [0.25, 0.3) is 5.22 Å². The molecule has 1 N–H and O–H groups in total. The van der Waals surface area contributed by atoms with E-state index in [1.54, 1.807) is 17.0 Å². The molecule has 0 aliphatic rings. The van der Waals surface area contributed by atoms with Crippen LogP contribution in [0, 0.1) is 0 Å². The van der Waals surface area contributed by atoms with Crippen LogP contribution in [0.3, 0.4) is 0 Å². The first-order valence-corrected chi connectivity index (χ1v) is 6.11. The summed E-state index contributed by atoms with van der Waals surface area (Å²) >= 11 is 1.23. The molecule has 0 aliphatic heterocycles. The number of carboxylic acid groups (broad SMARTS) is 1. The topological polar surface area (TPSA) is 94.0 Å². The monoisotopic (exact) mass is 276 g/mol. The standard InChI is InChI=1S/C11H8N4O3S/c1-15-5-12-14-10(15)19-11-13-7-3-2-6(9(16)17)4-8(7)18-11/h2-5H,1H3,(H,16,17). The van der Waals surface area contributed by atoms with Crippen molar-refractivity contribution in [2.45, 2.75) is 10.4 Å². The molecule has 2 heterocycles. The van der Waals surface area contributed by atoms with E-state index in [0.717, 1.165) is 0 Å². The van der Waals surface area contributed by atoms with E-state index < -0.39 is 5.97 Å². The van der Waals surface area contributed by atoms with Crippen LogP contribution >= 0.6 is 11.8 Å². The smallest absolute Gasteiger partial charge is 0.335 e. The fourth-order valence-electron chi connectivity index (χ4n) is 1.52. The molecule has 8 heteroatoms. The third kappa shape index (κ3) is 2.17. The number of nitrogens with zero attached hydrogens (tertiary/aromatic N) is 4. The molecule has 2 aromatic heterocycles. The van der Waals surface area contributed by atoms with Gasteiger partial charge >= 0.3 is 5.97 Å². The largest absolute Gasteiger partial charge is 0.478 e. The molecule has 0 fully saturated rings. The summed E-state index contributed by atoms with van der Waals surface area (Å²) in [4.78, 5) is 15.1. The maximum Gasteiger partial charge on any atom is 0.335 e. The normalized spacial score (nSPS) is 11.0. The highest BCUT2D eigenvalue weighted by atomic mass is 32.2. The van der Waals surface area contributed by atoms with Crippen LogP contribution in [-0.4, -0.2) is 30.8 Å². The number of hydrogen-bond acceptors (Lipinski definition) is 6. The minimum atomic E-state index is -0.999. The van der Waals surface area contributed by atoms with Gasteiger partial charge in [-0.25, -0.2) is 9.78 Å². The second kappa shape index (κ2) is 4.39. The summed E-state index contributed by atoms with van der Waals surface area (Å²) in [7, 11) is 1.81. The lowest BCUT2D eigenvalue weighted by molar-refractivity contribution is 0.0697. The van der Waals surface area contributed by atoms with Gasteiger partial charge in [-0.3, -0.25) is 0 Å². The van der Waals surface area contributed by atoms with Crippen LogP contribution in [0.2, 0.25) is 0 Å². The summed E-state index contributed by atoms with van der Waals surface area (Å²) < 4.78 is 7.23. The number of aromatic carboxylic acids is 1. The zero-order valence-corrected chi connectivity index (χ0v) is 10.6. The number of hydrogen-bond donors (Lipinski definition) is 1. The Labute approximate surface area is 111 Å². The summed E-state index contributed by atoms with van der Waals surface area (Å²) in [5, 5.41) is 17.6. The molecule has 0 bridgehead atoms. The predicted molar refractivity (Wildman–Crippen MR) is 66.1 cm³/mol. The molecular weight excluding hydrogens is 268 g/mol. The first-order valence-electron chi connectivity index (χ1n) is 5.29. The van der Waals surface area contributed by atoms with Gasteiger partial charge in [0.1, 0.15) is 11.8 Å². The second-order valence-corrected chi connectivity index (χ2v) is 4.71. The summed E-state index contributed by atoms with van der Waals surface area (Å²) in [5.74, 6) is -0.999. The molecule has 1 aromatic carbocycles. The van der Waals surface area contributed by atoms with Gasteiger partial charge in [0.2, 0.25) is 0 Å². The van der Waals surface area contributed by atoms with Crippen molar-refractivity contribution in [3.05, 3.63) is 30.1 Å². The number of carbonyl (C=O) groups is 1. The van der Waals surface area contributed by atoms with Gasteiger partial charge < -0.3 is 14.1 Å². The van der Waals surface area contributed by atoms with Crippen molar-refractivity contribution in [1.82, 2.24) is 19.7 Å². The van der Waals surface area contributed by atoms with Gasteiger partial charge in [0.15, 0.2) is 10.7 Å². The molecule has 19 heavy (non-hydrogen) atoms. The molecule has 7 nitrogen and oxygen atoms in total. The van der Waals surface area contributed by atoms with Gasteiger partial charge in [0, 0.05) is 18.8 Å². The fourth-order valence-corrected chi connectivity index (χ4v) is 2.23. The Hall–Kier alpha value is -2.35. The molecule has 0 amide bonds. The van der Waals surface area contributed by atoms with Gasteiger partial charge in [-0.2, -0.15) is 0 Å². The molecule has 96 valence electrons. The average molecular weight is 276 g/mol. The second-order valence-electron chi connectivity index (χ2n) is 3.79. The van der Waals surface area contributed by atoms with E-state index >= 15 is 0 Å². The van der Waals surface area contributed by atoms with Gasteiger partial charge in [-0.15, -0.1) is 10.2 Å². The van der Waals surface area contributed by atoms with Crippen molar-refractivity contribution >= 4 is 28.8 Å². The van der Waals surface area contributed by atoms with E-state index in [1.165, 1.54) is 23.9 Å². The minimum Gasteiger partial charge on any atom is -0.478 e. The van der Waals surface area contributed by atoms with Crippen molar-refractivity contribution in [2.75, 3.05) is 0 Å². The lowest BCUT2D eigenvalue weighted by Gasteiger charge is -1.93. The van der Waals surface area contributed by atoms with Crippen molar-refractivity contribution in [3.63, 3.8) is 0 Å². The van der Waals surface area contributed by atoms with Gasteiger partial charge in [-0.05, 0) is 18.2 Å². The molecule has 0 aliphatic carbocycles. The van der Waals surface area contributed by atoms with Crippen LogP contribution < -0.4 is 0 Å². The number of rotatable bonds is 3. The Bertz CT molecular complexity index is 764. The van der Waals surface area contributed by atoms with E-state index in [-0.39, 0.29) is 5.56 Å². The minimum absolute atomic E-state index is 0.166. The first kappa shape index (κ1) is 11.7. The highest BCUT2D eigenvalue weighted by Gasteiger charge is 2.12. The van der Waals surface area contributed by atoms with Crippen molar-refractivity contribution in [3.8, 4) is 0 Å². The summed E-state index contributed by atoms with van der Waals surface area (Å²) in [6.45, 7) is 0. The zero-order chi connectivity index (χ0) is 13.4. The quantitative estimate of drug-likeness (QED) is 0.779. The Balaban J connectivity index is 1.97. The summed E-state index contributed by atoms with van der Waals surface area (Å²) in [5.41, 5.74) is 1.21. The Morgan fingerprint density at radius 2 is 2.32 bits per heavy atom. The van der Waals surface area contributed by atoms with E-state index in [9.17, 15) is 4.79 Å². The molecule has 0 unspecified atom stereocenters. The Morgan fingerprint density at radius 3 is 3.00 bits per heavy atom. The Morgan fingerprint density at radius 1 is 1.47 bits per heavy atom. The maximum absolute atomic E-state index is 10.9. The van der Waals surface area contributed by atoms with Crippen LogP contribution in [0.25, 0.3) is 11.1 Å². The Kier molecular flexibility index (Phi) is 2.71. The third-order valence-electron chi connectivity index (χ3n) is 2.46. The molecule has 0 spiro atoms. The lowest BCUT2D eigenvalue weighted by atomic mass is 10.2. The van der Waals surface area contributed by atoms with E-state index in [0.29, 0.717) is 21.5 Å². The van der Waals surface area contributed by atoms with Gasteiger partial charge in [0.05, 0.1) is 5.56 Å². The van der Waals surface area contributed by atoms with Crippen LogP contribution in [0.15, 0.2) is 39.3 Å². The van der Waals surface area contributed by atoms with Crippen molar-refractivity contribution in [2.24, 2.45) is 7.05 Å². The SMILES string of the molecule is Cn1cnnc1Sc1nc2ccc(C(=O)O)cc2o1. The highest BCUT2D eigenvalue weighted by molar-refractivity contribution is 7.99. The summed E-state index contributed by atoms with van der Waals surface area (Å²) in [6.07, 6.45) is 1.58. The predicted octanol–water partition coefficient (Wildman–Crippen LogP) is 1.81. The molecular formula is C11H8N4O3S. The lowest BCUT2D eigenvalue weighted by Crippen LogP contribution is -1.94. The number of aromatic nitrogens is 4. The number of aryl methyl sites for hydroxylation is 1. The van der Waals surface area contributed by atoms with Crippen LogP contribution in [0.1, 0.15) is 10.4 Å². The van der Waals surface area contributed by atoms with Crippen LogP contribution in [-0.2, 0) is 7.05 Å². The number of fused-ring (bicyclic) bond motifs is 1. The zero-order valence-electron chi connectivity index (χ0n) is 9.77. The molecule has 3 aromatic rings. The van der Waals surface area contributed by atoms with E-state index in [1.807, 2.05) is 7.05 Å². The average Bonchev–Trinajstić information content (AvgIpc) is 2.95. The van der Waals surface area contributed by atoms with E-state index in [2.05, 4.69) is 15.2 Å². The fraction of sp³-hybridized carbons (Fsp3) is 0.0909. The number of carboxylic acids is 1. The molecule has 0 saturated carbocycles. The highest BCUT2D eigenvalue weighted by Crippen LogP contribution is 2.28. The molecule has 3 rings (SSSR count). The number of oxazole rings is 1. The van der Waals surface area contributed by atoms with Crippen molar-refractivity contribution in [1.29, 1.82) is 0 Å². The van der Waals surface area contributed by atoms with Crippen LogP contribution in [0.5, 0.6) is 0 Å². The van der Waals surface area contributed by atoms with Crippen LogP contribution in [0.4, 0.5) is 0 Å². The molecule has 0 saturated heterocycles. The number of benzene rings is 1. The molecule has 0 atom stereocenters. The van der Waals surface area contributed by atoms with Gasteiger partial charge in [-0.1, -0.05) is 0 Å². The summed E-state index contributed by atoms with van der Waals surface area (Å²) in [6, 6.07) is 4.55. The maximum atomic E-state index is 10.9. The van der Waals surface area contributed by atoms with Crippen molar-refractivity contribution < 1.29 is 14.3 Å². The third-order valence-corrected chi connectivity index (χ3v) is 3.37. The molecule has 0 radical (unpaired) electrons. The first-order chi connectivity index (χ1) is 9.13.